The fourth-order valence-electron chi connectivity index (χ4n) is 1.92. The Hall–Kier alpha value is -2.34. The van der Waals surface area contributed by atoms with Gasteiger partial charge in [-0.25, -0.2) is 4.39 Å². The number of halogens is 1. The van der Waals surface area contributed by atoms with Gasteiger partial charge < -0.3 is 5.32 Å². The number of rotatable bonds is 3. The lowest BCUT2D eigenvalue weighted by molar-refractivity contribution is 0.631. The third kappa shape index (κ3) is 2.18. The molecule has 0 fully saturated rings. The third-order valence-electron chi connectivity index (χ3n) is 2.70. The molecule has 0 spiro atoms. The van der Waals surface area contributed by atoms with E-state index in [1.54, 1.807) is 30.3 Å². The Labute approximate surface area is 106 Å². The van der Waals surface area contributed by atoms with Gasteiger partial charge in [0.05, 0.1) is 11.3 Å². The molecule has 2 aromatic carbocycles. The first-order valence-electron chi connectivity index (χ1n) is 5.79. The number of hydrogen-bond donors (Lipinski definition) is 1. The summed E-state index contributed by atoms with van der Waals surface area (Å²) in [5.41, 5.74) is 2.43. The lowest BCUT2D eigenvalue weighted by Crippen LogP contribution is -2.02. The van der Waals surface area contributed by atoms with E-state index in [2.05, 4.69) is 11.4 Å². The van der Waals surface area contributed by atoms with Gasteiger partial charge in [-0.2, -0.15) is 5.26 Å². The molecule has 3 heteroatoms. The van der Waals surface area contributed by atoms with Gasteiger partial charge in [-0.1, -0.05) is 30.3 Å². The van der Waals surface area contributed by atoms with E-state index >= 15 is 0 Å². The summed E-state index contributed by atoms with van der Waals surface area (Å²) in [6.07, 6.45) is 0. The van der Waals surface area contributed by atoms with Gasteiger partial charge in [0.1, 0.15) is 11.9 Å². The van der Waals surface area contributed by atoms with Gasteiger partial charge in [-0.3, -0.25) is 0 Å². The van der Waals surface area contributed by atoms with Crippen LogP contribution in [0.4, 0.5) is 10.1 Å². The minimum atomic E-state index is -0.285. The van der Waals surface area contributed by atoms with Gasteiger partial charge in [0.15, 0.2) is 0 Å². The second kappa shape index (κ2) is 5.33. The van der Waals surface area contributed by atoms with Crippen molar-refractivity contribution in [2.45, 2.75) is 6.92 Å². The summed E-state index contributed by atoms with van der Waals surface area (Å²) >= 11 is 0. The zero-order valence-electron chi connectivity index (χ0n) is 10.1. The first-order valence-corrected chi connectivity index (χ1v) is 5.79. The minimum Gasteiger partial charge on any atom is -0.384 e. The highest BCUT2D eigenvalue weighted by Gasteiger charge is 2.12. The number of hydrogen-bond acceptors (Lipinski definition) is 2. The zero-order chi connectivity index (χ0) is 13.0. The molecule has 0 bridgehead atoms. The Morgan fingerprint density at radius 2 is 1.83 bits per heavy atom. The summed E-state index contributed by atoms with van der Waals surface area (Å²) in [4.78, 5) is 0. The molecule has 0 saturated heterocycles. The second-order valence-corrected chi connectivity index (χ2v) is 3.85. The zero-order valence-corrected chi connectivity index (χ0v) is 10.1. The number of nitrogens with one attached hydrogen (secondary N) is 1. The Morgan fingerprint density at radius 3 is 2.50 bits per heavy atom. The first-order chi connectivity index (χ1) is 8.77. The van der Waals surface area contributed by atoms with Crippen molar-refractivity contribution in [3.63, 3.8) is 0 Å². The van der Waals surface area contributed by atoms with E-state index in [1.807, 2.05) is 13.0 Å². The van der Waals surface area contributed by atoms with Crippen LogP contribution in [0.25, 0.3) is 11.1 Å². The van der Waals surface area contributed by atoms with Crippen LogP contribution in [-0.2, 0) is 0 Å². The van der Waals surface area contributed by atoms with Gasteiger partial charge in [0.2, 0.25) is 0 Å². The molecule has 2 rings (SSSR count). The van der Waals surface area contributed by atoms with Crippen molar-refractivity contribution in [3.05, 3.63) is 53.8 Å². The van der Waals surface area contributed by atoms with Gasteiger partial charge in [-0.05, 0) is 19.1 Å². The van der Waals surface area contributed by atoms with E-state index in [1.165, 1.54) is 6.07 Å². The van der Waals surface area contributed by atoms with Crippen molar-refractivity contribution >= 4 is 5.69 Å². The second-order valence-electron chi connectivity index (χ2n) is 3.85. The van der Waals surface area contributed by atoms with E-state index in [-0.39, 0.29) is 5.82 Å². The first kappa shape index (κ1) is 12.1. The normalized spacial score (nSPS) is 9.83. The average Bonchev–Trinajstić information content (AvgIpc) is 2.40. The van der Waals surface area contributed by atoms with Gasteiger partial charge in [-0.15, -0.1) is 0 Å². The molecule has 0 radical (unpaired) electrons. The van der Waals surface area contributed by atoms with Crippen LogP contribution in [0.3, 0.4) is 0 Å². The molecular weight excluding hydrogens is 227 g/mol. The molecule has 0 saturated carbocycles. The van der Waals surface area contributed by atoms with Crippen LogP contribution in [0.5, 0.6) is 0 Å². The third-order valence-corrected chi connectivity index (χ3v) is 2.70. The summed E-state index contributed by atoms with van der Waals surface area (Å²) in [6, 6.07) is 14.0. The molecular formula is C15H13FN2. The van der Waals surface area contributed by atoms with Crippen molar-refractivity contribution in [3.8, 4) is 17.2 Å². The standard InChI is InChI=1S/C15H13FN2/c1-2-18-15-11(10-17)6-5-8-13(15)12-7-3-4-9-14(12)16/h3-9,18H,2H2,1H3. The fraction of sp³-hybridized carbons (Fsp3) is 0.133. The van der Waals surface area contributed by atoms with Gasteiger partial charge in [0, 0.05) is 17.7 Å². The highest BCUT2D eigenvalue weighted by atomic mass is 19.1. The monoisotopic (exact) mass is 240 g/mol. The Morgan fingerprint density at radius 1 is 1.11 bits per heavy atom. The molecule has 0 aromatic heterocycles. The summed E-state index contributed by atoms with van der Waals surface area (Å²) in [6.45, 7) is 2.62. The Bertz CT molecular complexity index is 600. The highest BCUT2D eigenvalue weighted by molar-refractivity contribution is 5.82. The van der Waals surface area contributed by atoms with Gasteiger partial charge >= 0.3 is 0 Å². The van der Waals surface area contributed by atoms with Crippen LogP contribution < -0.4 is 5.32 Å². The molecule has 18 heavy (non-hydrogen) atoms. The van der Waals surface area contributed by atoms with E-state index in [0.717, 1.165) is 0 Å². The van der Waals surface area contributed by atoms with Crippen molar-refractivity contribution in [1.29, 1.82) is 5.26 Å². The summed E-state index contributed by atoms with van der Waals surface area (Å²) in [5, 5.41) is 12.2. The Kier molecular flexibility index (Phi) is 3.59. The maximum atomic E-state index is 13.8. The SMILES string of the molecule is CCNc1c(C#N)cccc1-c1ccccc1F. The molecule has 2 aromatic rings. The Balaban J connectivity index is 2.65. The van der Waals surface area contributed by atoms with Crippen molar-refractivity contribution in [2.24, 2.45) is 0 Å². The summed E-state index contributed by atoms with van der Waals surface area (Å²) in [5.74, 6) is -0.285. The molecule has 0 aliphatic carbocycles. The predicted molar refractivity (Wildman–Crippen MR) is 70.7 cm³/mol. The maximum absolute atomic E-state index is 13.8. The summed E-state index contributed by atoms with van der Waals surface area (Å²) in [7, 11) is 0. The van der Waals surface area contributed by atoms with Crippen LogP contribution in [-0.4, -0.2) is 6.54 Å². The molecule has 1 N–H and O–H groups in total. The lowest BCUT2D eigenvalue weighted by Gasteiger charge is -2.13. The summed E-state index contributed by atoms with van der Waals surface area (Å²) < 4.78 is 13.8. The average molecular weight is 240 g/mol. The highest BCUT2D eigenvalue weighted by Crippen LogP contribution is 2.32. The molecule has 0 aliphatic rings. The van der Waals surface area contributed by atoms with Gasteiger partial charge in [0.25, 0.3) is 0 Å². The molecule has 0 heterocycles. The van der Waals surface area contributed by atoms with Crippen LogP contribution >= 0.6 is 0 Å². The fourth-order valence-corrected chi connectivity index (χ4v) is 1.92. The number of nitrogens with zero attached hydrogens (tertiary/aromatic N) is 1. The smallest absolute Gasteiger partial charge is 0.131 e. The van der Waals surface area contributed by atoms with Crippen LogP contribution in [0, 0.1) is 17.1 Å². The van der Waals surface area contributed by atoms with E-state index in [4.69, 9.17) is 5.26 Å². The number of anilines is 1. The van der Waals surface area contributed by atoms with Crippen LogP contribution in [0.1, 0.15) is 12.5 Å². The molecule has 0 unspecified atom stereocenters. The topological polar surface area (TPSA) is 35.8 Å². The minimum absolute atomic E-state index is 0.285. The number of para-hydroxylation sites is 1. The van der Waals surface area contributed by atoms with Crippen LogP contribution in [0.2, 0.25) is 0 Å². The molecule has 0 atom stereocenters. The van der Waals surface area contributed by atoms with Crippen molar-refractivity contribution < 1.29 is 4.39 Å². The quantitative estimate of drug-likeness (QED) is 0.885. The molecule has 0 amide bonds. The van der Waals surface area contributed by atoms with Crippen LogP contribution in [0.15, 0.2) is 42.5 Å². The molecule has 0 aliphatic heterocycles. The molecule has 2 nitrogen and oxygen atoms in total. The predicted octanol–water partition coefficient (Wildman–Crippen LogP) is 3.80. The van der Waals surface area contributed by atoms with Crippen molar-refractivity contribution in [1.82, 2.24) is 0 Å². The lowest BCUT2D eigenvalue weighted by atomic mass is 10.00. The van der Waals surface area contributed by atoms with E-state index < -0.39 is 0 Å². The molecule has 90 valence electrons. The largest absolute Gasteiger partial charge is 0.384 e. The maximum Gasteiger partial charge on any atom is 0.131 e. The number of nitriles is 1. The number of benzene rings is 2. The van der Waals surface area contributed by atoms with E-state index in [0.29, 0.717) is 28.9 Å². The van der Waals surface area contributed by atoms with E-state index in [9.17, 15) is 4.39 Å². The van der Waals surface area contributed by atoms with Crippen molar-refractivity contribution in [2.75, 3.05) is 11.9 Å².